The molecule has 0 aliphatic carbocycles. The van der Waals surface area contributed by atoms with E-state index in [9.17, 15) is 14.4 Å². The van der Waals surface area contributed by atoms with Gasteiger partial charge >= 0.3 is 0 Å². The summed E-state index contributed by atoms with van der Waals surface area (Å²) in [5.41, 5.74) is 19.3. The van der Waals surface area contributed by atoms with Gasteiger partial charge in [0.25, 0.3) is 0 Å². The van der Waals surface area contributed by atoms with E-state index in [2.05, 4.69) is 16.0 Å². The molecule has 0 saturated heterocycles. The summed E-state index contributed by atoms with van der Waals surface area (Å²) in [4.78, 5) is 40.1. The maximum absolute atomic E-state index is 14.2. The molecular weight excluding hydrogens is 568 g/mol. The van der Waals surface area contributed by atoms with Gasteiger partial charge in [0.15, 0.2) is 5.96 Å². The number of nitrogens with two attached hydrogens (primary N) is 3. The minimum atomic E-state index is -1.11. The lowest BCUT2D eigenvalue weighted by molar-refractivity contribution is -0.132. The van der Waals surface area contributed by atoms with Crippen molar-refractivity contribution in [1.82, 2.24) is 16.0 Å². The largest absolute Gasteiger partial charge is 0.384 e. The van der Waals surface area contributed by atoms with Gasteiger partial charge in [0.05, 0.1) is 5.92 Å². The van der Waals surface area contributed by atoms with Crippen LogP contribution in [0.3, 0.4) is 0 Å². The number of nitrogen functional groups attached to an aromatic ring is 1. The lowest BCUT2D eigenvalue weighted by Gasteiger charge is -2.25. The highest BCUT2D eigenvalue weighted by atomic mass is 16.2. The van der Waals surface area contributed by atoms with Crippen LogP contribution in [0.25, 0.3) is 10.8 Å². The Balaban J connectivity index is 1.63. The Morgan fingerprint density at radius 1 is 0.711 bits per heavy atom. The first-order valence-electron chi connectivity index (χ1n) is 14.6. The summed E-state index contributed by atoms with van der Waals surface area (Å²) in [6, 6.07) is 27.5. The Hall–Kier alpha value is -5.71. The summed E-state index contributed by atoms with van der Waals surface area (Å²) in [6.45, 7) is 0.328. The highest BCUT2D eigenvalue weighted by molar-refractivity contribution is 5.96. The molecule has 0 aromatic heterocycles. The fraction of sp³-hybridized carbons (Fsp3) is 0.206. The molecule has 4 rings (SSSR count). The molecule has 0 aliphatic rings. The first-order chi connectivity index (χ1) is 21.6. The minimum absolute atomic E-state index is 0.0496. The van der Waals surface area contributed by atoms with Gasteiger partial charge in [-0.05, 0) is 46.7 Å². The fourth-order valence-electron chi connectivity index (χ4n) is 5.10. The highest BCUT2D eigenvalue weighted by Crippen LogP contribution is 2.27. The number of carbonyl (C=O) groups excluding carboxylic acids is 3. The van der Waals surface area contributed by atoms with E-state index in [1.807, 2.05) is 54.6 Å². The van der Waals surface area contributed by atoms with Gasteiger partial charge in [-0.2, -0.15) is 0 Å². The van der Waals surface area contributed by atoms with E-state index in [0.717, 1.165) is 21.9 Å². The molecule has 3 atom stereocenters. The summed E-state index contributed by atoms with van der Waals surface area (Å²) >= 11 is 0. The van der Waals surface area contributed by atoms with Crippen LogP contribution < -0.4 is 33.2 Å². The number of amides is 3. The van der Waals surface area contributed by atoms with E-state index >= 15 is 0 Å². The predicted octanol–water partition coefficient (Wildman–Crippen LogP) is 2.54. The third kappa shape index (κ3) is 8.90. The summed E-state index contributed by atoms with van der Waals surface area (Å²) in [7, 11) is 0. The van der Waals surface area contributed by atoms with Gasteiger partial charge in [0.1, 0.15) is 17.9 Å². The Morgan fingerprint density at radius 2 is 1.38 bits per heavy atom. The zero-order chi connectivity index (χ0) is 32.3. The van der Waals surface area contributed by atoms with Crippen molar-refractivity contribution in [3.63, 3.8) is 0 Å². The molecule has 0 bridgehead atoms. The summed E-state index contributed by atoms with van der Waals surface area (Å²) in [5.74, 6) is -2.61. The SMILES string of the molecule is N=C(N)NCCC[C@H](NC(=O)[C@@H](NC(=O)[C@H](Cc1ccc(C(=N)N)cc1)c1ccc2ccccc2c1)c1ccccc1)C(N)=O. The molecule has 0 saturated carbocycles. The van der Waals surface area contributed by atoms with Crippen molar-refractivity contribution in [2.24, 2.45) is 17.2 Å². The molecule has 0 radical (unpaired) electrons. The van der Waals surface area contributed by atoms with Crippen molar-refractivity contribution in [3.8, 4) is 0 Å². The van der Waals surface area contributed by atoms with Crippen LogP contribution in [0.1, 0.15) is 47.1 Å². The lowest BCUT2D eigenvalue weighted by Crippen LogP contribution is -2.50. The fourth-order valence-corrected chi connectivity index (χ4v) is 5.10. The number of primary amides is 1. The monoisotopic (exact) mass is 606 g/mol. The van der Waals surface area contributed by atoms with Gasteiger partial charge in [-0.1, -0.05) is 97.1 Å². The quantitative estimate of drug-likeness (QED) is 0.0613. The van der Waals surface area contributed by atoms with E-state index < -0.39 is 29.8 Å². The van der Waals surface area contributed by atoms with E-state index in [1.54, 1.807) is 42.5 Å². The van der Waals surface area contributed by atoms with Crippen LogP contribution in [0.2, 0.25) is 0 Å². The molecule has 0 spiro atoms. The number of hydrogen-bond acceptors (Lipinski definition) is 5. The van der Waals surface area contributed by atoms with Crippen molar-refractivity contribution in [2.45, 2.75) is 37.3 Å². The Morgan fingerprint density at radius 3 is 2.02 bits per heavy atom. The van der Waals surface area contributed by atoms with E-state index in [4.69, 9.17) is 28.0 Å². The normalized spacial score (nSPS) is 12.8. The number of amidine groups is 1. The first kappa shape index (κ1) is 32.2. The van der Waals surface area contributed by atoms with Crippen molar-refractivity contribution < 1.29 is 14.4 Å². The van der Waals surface area contributed by atoms with Crippen LogP contribution in [-0.4, -0.2) is 42.1 Å². The van der Waals surface area contributed by atoms with Gasteiger partial charge < -0.3 is 33.2 Å². The number of rotatable bonds is 14. The van der Waals surface area contributed by atoms with Crippen LogP contribution in [-0.2, 0) is 20.8 Å². The van der Waals surface area contributed by atoms with Crippen molar-refractivity contribution in [2.75, 3.05) is 6.54 Å². The van der Waals surface area contributed by atoms with Crippen LogP contribution in [0, 0.1) is 10.8 Å². The van der Waals surface area contributed by atoms with Crippen LogP contribution in [0.15, 0.2) is 97.1 Å². The van der Waals surface area contributed by atoms with Crippen LogP contribution >= 0.6 is 0 Å². The van der Waals surface area contributed by atoms with Gasteiger partial charge in [0.2, 0.25) is 17.7 Å². The van der Waals surface area contributed by atoms with E-state index in [0.29, 0.717) is 30.5 Å². The maximum Gasteiger partial charge on any atom is 0.247 e. The lowest BCUT2D eigenvalue weighted by atomic mass is 9.89. The third-order valence-electron chi connectivity index (χ3n) is 7.52. The van der Waals surface area contributed by atoms with Gasteiger partial charge in [-0.3, -0.25) is 25.2 Å². The standard InChI is InChI=1S/C34H38N8O3/c35-30(36)24-14-12-21(13-15-24)19-27(26-17-16-22-7-4-5-10-25(22)20-26)32(44)42-29(23-8-2-1-3-9-23)33(45)41-28(31(37)43)11-6-18-40-34(38)39/h1-5,7-10,12-17,20,27-29H,6,11,18-19H2,(H3,35,36)(H2,37,43)(H,41,45)(H,42,44)(H4,38,39,40)/t27-,28+,29+/m1/s1. The number of benzene rings is 4. The molecule has 232 valence electrons. The average Bonchev–Trinajstić information content (AvgIpc) is 3.03. The van der Waals surface area contributed by atoms with Crippen molar-refractivity contribution >= 4 is 40.3 Å². The molecule has 11 N–H and O–H groups in total. The second kappa shape index (κ2) is 15.1. The zero-order valence-electron chi connectivity index (χ0n) is 24.8. The third-order valence-corrected chi connectivity index (χ3v) is 7.52. The molecule has 45 heavy (non-hydrogen) atoms. The second-order valence-electron chi connectivity index (χ2n) is 10.8. The first-order valence-corrected chi connectivity index (χ1v) is 14.6. The summed E-state index contributed by atoms with van der Waals surface area (Å²) in [5, 5.41) is 25.3. The van der Waals surface area contributed by atoms with E-state index in [-0.39, 0.29) is 24.1 Å². The van der Waals surface area contributed by atoms with Crippen molar-refractivity contribution in [1.29, 1.82) is 10.8 Å². The Kier molecular flexibility index (Phi) is 10.8. The van der Waals surface area contributed by atoms with E-state index in [1.165, 1.54) is 0 Å². The maximum atomic E-state index is 14.2. The summed E-state index contributed by atoms with van der Waals surface area (Å²) < 4.78 is 0. The topological polar surface area (TPSA) is 213 Å². The molecule has 0 heterocycles. The molecule has 0 unspecified atom stereocenters. The minimum Gasteiger partial charge on any atom is -0.384 e. The molecule has 3 amide bonds. The smallest absolute Gasteiger partial charge is 0.247 e. The number of hydrogen-bond donors (Lipinski definition) is 8. The molecule has 4 aromatic carbocycles. The molecule has 0 fully saturated rings. The highest BCUT2D eigenvalue weighted by Gasteiger charge is 2.30. The molecule has 11 heteroatoms. The predicted molar refractivity (Wildman–Crippen MR) is 175 cm³/mol. The Labute approximate surface area is 261 Å². The molecule has 4 aromatic rings. The van der Waals surface area contributed by atoms with Crippen LogP contribution in [0.5, 0.6) is 0 Å². The second-order valence-corrected chi connectivity index (χ2v) is 10.8. The molecule has 11 nitrogen and oxygen atoms in total. The Bertz CT molecular complexity index is 1670. The molecular formula is C34H38N8O3. The van der Waals surface area contributed by atoms with Crippen molar-refractivity contribution in [3.05, 3.63) is 119 Å². The number of guanidine groups is 1. The summed E-state index contributed by atoms with van der Waals surface area (Å²) in [6.07, 6.45) is 0.952. The molecule has 0 aliphatic heterocycles. The average molecular weight is 607 g/mol. The van der Waals surface area contributed by atoms with Gasteiger partial charge in [-0.25, -0.2) is 0 Å². The number of carbonyl (C=O) groups is 3. The number of nitrogens with one attached hydrogen (secondary N) is 5. The van der Waals surface area contributed by atoms with Gasteiger partial charge in [-0.15, -0.1) is 0 Å². The zero-order valence-corrected chi connectivity index (χ0v) is 24.8. The van der Waals surface area contributed by atoms with Gasteiger partial charge in [0, 0.05) is 12.1 Å². The van der Waals surface area contributed by atoms with Crippen LogP contribution in [0.4, 0.5) is 0 Å². The number of fused-ring (bicyclic) bond motifs is 1.